The third kappa shape index (κ3) is 3.29. The Kier molecular flexibility index (Phi) is 4.35. The van der Waals surface area contributed by atoms with Crippen LogP contribution in [0.15, 0.2) is 30.7 Å². The zero-order chi connectivity index (χ0) is 20.0. The number of nitrogens with zero attached hydrogens (tertiary/aromatic N) is 4. The maximum absolute atomic E-state index is 13.1. The summed E-state index contributed by atoms with van der Waals surface area (Å²) in [6, 6.07) is 4.07. The Labute approximate surface area is 168 Å². The van der Waals surface area contributed by atoms with Crippen molar-refractivity contribution in [1.29, 1.82) is 0 Å². The van der Waals surface area contributed by atoms with Gasteiger partial charge in [0, 0.05) is 43.5 Å². The number of ether oxygens (including phenoxy) is 2. The van der Waals surface area contributed by atoms with E-state index in [1.165, 1.54) is 0 Å². The van der Waals surface area contributed by atoms with Gasteiger partial charge in [-0.3, -0.25) is 4.79 Å². The minimum absolute atomic E-state index is 0.139. The van der Waals surface area contributed by atoms with Crippen LogP contribution in [-0.4, -0.2) is 52.9 Å². The van der Waals surface area contributed by atoms with Crippen LogP contribution in [0.25, 0.3) is 5.65 Å². The lowest BCUT2D eigenvalue weighted by Crippen LogP contribution is -2.36. The molecule has 8 heteroatoms. The fraction of sp³-hybridized carbons (Fsp3) is 0.381. The molecule has 4 heterocycles. The molecule has 2 aromatic heterocycles. The van der Waals surface area contributed by atoms with Gasteiger partial charge in [-0.25, -0.2) is 9.50 Å². The van der Waals surface area contributed by atoms with Crippen molar-refractivity contribution in [3.63, 3.8) is 0 Å². The highest BCUT2D eigenvalue weighted by atomic mass is 16.5. The molecule has 0 radical (unpaired) electrons. The second kappa shape index (κ2) is 7.04. The Bertz CT molecular complexity index is 1090. The highest BCUT2D eigenvalue weighted by Crippen LogP contribution is 2.39. The fourth-order valence-corrected chi connectivity index (χ4v) is 3.94. The van der Waals surface area contributed by atoms with Crippen LogP contribution >= 0.6 is 0 Å². The van der Waals surface area contributed by atoms with Crippen molar-refractivity contribution in [3.05, 3.63) is 47.4 Å². The Balaban J connectivity index is 1.50. The summed E-state index contributed by atoms with van der Waals surface area (Å²) >= 11 is 0. The molecule has 1 aromatic carbocycles. The number of amides is 1. The van der Waals surface area contributed by atoms with Gasteiger partial charge in [0.1, 0.15) is 17.4 Å². The average molecular weight is 393 g/mol. The Morgan fingerprint density at radius 3 is 2.90 bits per heavy atom. The van der Waals surface area contributed by atoms with E-state index in [1.807, 2.05) is 25.3 Å². The summed E-state index contributed by atoms with van der Waals surface area (Å²) in [4.78, 5) is 19.7. The lowest BCUT2D eigenvalue weighted by molar-refractivity contribution is 0.102. The smallest absolute Gasteiger partial charge is 0.261 e. The number of anilines is 2. The number of rotatable bonds is 3. The Hall–Kier alpha value is -3.13. The lowest BCUT2D eigenvalue weighted by Gasteiger charge is -2.31. The van der Waals surface area contributed by atoms with Gasteiger partial charge in [-0.1, -0.05) is 0 Å². The number of carbonyl (C=O) groups excluding carboxylic acids is 1. The molecule has 0 unspecified atom stereocenters. The number of aromatic nitrogens is 3. The van der Waals surface area contributed by atoms with Crippen molar-refractivity contribution >= 4 is 22.9 Å². The monoisotopic (exact) mass is 393 g/mol. The second-order valence-electron chi connectivity index (χ2n) is 7.62. The van der Waals surface area contributed by atoms with Gasteiger partial charge in [0.2, 0.25) is 0 Å². The van der Waals surface area contributed by atoms with E-state index >= 15 is 0 Å². The van der Waals surface area contributed by atoms with Crippen LogP contribution in [0.1, 0.15) is 28.4 Å². The quantitative estimate of drug-likeness (QED) is 0.736. The number of morpholine rings is 1. The fourth-order valence-electron chi connectivity index (χ4n) is 3.94. The molecule has 0 spiro atoms. The van der Waals surface area contributed by atoms with Crippen LogP contribution in [0, 0.1) is 6.92 Å². The molecule has 2 aliphatic rings. The number of fused-ring (bicyclic) bond motifs is 2. The first-order chi connectivity index (χ1) is 14.1. The first-order valence-corrected chi connectivity index (χ1v) is 9.86. The molecule has 1 atom stereocenters. The zero-order valence-electron chi connectivity index (χ0n) is 16.5. The van der Waals surface area contributed by atoms with Gasteiger partial charge in [-0.15, -0.1) is 0 Å². The van der Waals surface area contributed by atoms with Crippen LogP contribution in [0.5, 0.6) is 5.75 Å². The van der Waals surface area contributed by atoms with E-state index in [1.54, 1.807) is 16.9 Å². The van der Waals surface area contributed by atoms with Crippen molar-refractivity contribution in [2.75, 3.05) is 36.5 Å². The maximum Gasteiger partial charge on any atom is 0.261 e. The molecular formula is C21H23N5O3. The van der Waals surface area contributed by atoms with Gasteiger partial charge < -0.3 is 19.7 Å². The number of hydrogen-bond donors (Lipinski definition) is 1. The number of hydrogen-bond acceptors (Lipinski definition) is 6. The summed E-state index contributed by atoms with van der Waals surface area (Å²) < 4.78 is 13.1. The van der Waals surface area contributed by atoms with E-state index in [4.69, 9.17) is 9.47 Å². The summed E-state index contributed by atoms with van der Waals surface area (Å²) in [6.07, 6.45) is 6.12. The van der Waals surface area contributed by atoms with Crippen molar-refractivity contribution < 1.29 is 14.3 Å². The summed E-state index contributed by atoms with van der Waals surface area (Å²) in [5, 5.41) is 7.36. The number of nitrogens with one attached hydrogen (secondary N) is 1. The summed E-state index contributed by atoms with van der Waals surface area (Å²) in [5.41, 5.74) is 4.81. The summed E-state index contributed by atoms with van der Waals surface area (Å²) in [7, 11) is 0. The van der Waals surface area contributed by atoms with Gasteiger partial charge in [0.15, 0.2) is 5.65 Å². The highest BCUT2D eigenvalue weighted by Gasteiger charge is 2.25. The van der Waals surface area contributed by atoms with Crippen molar-refractivity contribution in [2.24, 2.45) is 0 Å². The summed E-state index contributed by atoms with van der Waals surface area (Å²) in [5.74, 6) is 0.669. The standard InChI is InChI=1S/C21H23N5O3/c1-13-10-22-20-16(11-23-26(20)12-13)21(27)24-17-8-15-7-14(2)29-19(15)9-18(17)25-3-5-28-6-4-25/h8-12,14H,3-7H2,1-2H3,(H,24,27)/t14-/m0/s1. The predicted molar refractivity (Wildman–Crippen MR) is 109 cm³/mol. The second-order valence-corrected chi connectivity index (χ2v) is 7.62. The molecule has 3 aromatic rings. The van der Waals surface area contributed by atoms with E-state index < -0.39 is 0 Å². The van der Waals surface area contributed by atoms with E-state index in [0.717, 1.165) is 47.8 Å². The van der Waals surface area contributed by atoms with E-state index in [-0.39, 0.29) is 12.0 Å². The SMILES string of the molecule is Cc1cnc2c(C(=O)Nc3cc4c(cc3N3CCOCC3)O[C@@H](C)C4)cnn2c1. The molecule has 1 saturated heterocycles. The van der Waals surface area contributed by atoms with Crippen LogP contribution in [-0.2, 0) is 11.2 Å². The van der Waals surface area contributed by atoms with E-state index in [2.05, 4.69) is 27.2 Å². The molecular weight excluding hydrogens is 370 g/mol. The lowest BCUT2D eigenvalue weighted by atomic mass is 10.1. The molecule has 8 nitrogen and oxygen atoms in total. The van der Waals surface area contributed by atoms with Crippen molar-refractivity contribution in [3.8, 4) is 5.75 Å². The number of carbonyl (C=O) groups is 1. The molecule has 1 fully saturated rings. The number of benzene rings is 1. The molecule has 2 aliphatic heterocycles. The zero-order valence-corrected chi connectivity index (χ0v) is 16.5. The molecule has 0 saturated carbocycles. The Morgan fingerprint density at radius 2 is 2.07 bits per heavy atom. The minimum atomic E-state index is -0.224. The molecule has 150 valence electrons. The van der Waals surface area contributed by atoms with Crippen LogP contribution in [0.4, 0.5) is 11.4 Å². The van der Waals surface area contributed by atoms with Crippen LogP contribution in [0.3, 0.4) is 0 Å². The van der Waals surface area contributed by atoms with E-state index in [0.29, 0.717) is 24.4 Å². The first kappa shape index (κ1) is 17.9. The largest absolute Gasteiger partial charge is 0.490 e. The highest BCUT2D eigenvalue weighted by molar-refractivity contribution is 6.09. The third-order valence-corrected chi connectivity index (χ3v) is 5.34. The normalized spacial score (nSPS) is 18.6. The minimum Gasteiger partial charge on any atom is -0.490 e. The van der Waals surface area contributed by atoms with Crippen LogP contribution in [0.2, 0.25) is 0 Å². The van der Waals surface area contributed by atoms with Crippen LogP contribution < -0.4 is 15.0 Å². The summed E-state index contributed by atoms with van der Waals surface area (Å²) in [6.45, 7) is 6.87. The molecule has 5 rings (SSSR count). The van der Waals surface area contributed by atoms with Gasteiger partial charge >= 0.3 is 0 Å². The topological polar surface area (TPSA) is 81.0 Å². The molecule has 0 aliphatic carbocycles. The van der Waals surface area contributed by atoms with Gasteiger partial charge in [0.25, 0.3) is 5.91 Å². The third-order valence-electron chi connectivity index (χ3n) is 5.34. The van der Waals surface area contributed by atoms with Gasteiger partial charge in [0.05, 0.1) is 30.8 Å². The van der Waals surface area contributed by atoms with Gasteiger partial charge in [-0.2, -0.15) is 5.10 Å². The van der Waals surface area contributed by atoms with Crippen molar-refractivity contribution in [1.82, 2.24) is 14.6 Å². The maximum atomic E-state index is 13.1. The average Bonchev–Trinajstić information content (AvgIpc) is 3.29. The number of aryl methyl sites for hydroxylation is 1. The first-order valence-electron chi connectivity index (χ1n) is 9.86. The molecule has 0 bridgehead atoms. The molecule has 1 N–H and O–H groups in total. The molecule has 1 amide bonds. The van der Waals surface area contributed by atoms with Gasteiger partial charge in [-0.05, 0) is 25.5 Å². The Morgan fingerprint density at radius 1 is 1.24 bits per heavy atom. The van der Waals surface area contributed by atoms with E-state index in [9.17, 15) is 4.79 Å². The predicted octanol–water partition coefficient (Wildman–Crippen LogP) is 2.45. The van der Waals surface area contributed by atoms with Crippen molar-refractivity contribution in [2.45, 2.75) is 26.4 Å². The molecule has 29 heavy (non-hydrogen) atoms.